The van der Waals surface area contributed by atoms with Crippen LogP contribution in [0.2, 0.25) is 0 Å². The highest BCUT2D eigenvalue weighted by Crippen LogP contribution is 2.04. The maximum absolute atomic E-state index is 5.74. The minimum absolute atomic E-state index is 0. The third-order valence-corrected chi connectivity index (χ3v) is 2.96. The molecule has 0 spiro atoms. The highest BCUT2D eigenvalue weighted by atomic mass is 79.9. The summed E-state index contributed by atoms with van der Waals surface area (Å²) in [4.78, 5) is 0. The lowest BCUT2D eigenvalue weighted by Crippen LogP contribution is -2.07. The molecule has 0 unspecified atom stereocenters. The van der Waals surface area contributed by atoms with E-state index in [2.05, 4.69) is 0 Å². The van der Waals surface area contributed by atoms with E-state index in [0.29, 0.717) is 0 Å². The van der Waals surface area contributed by atoms with Crippen LogP contribution in [0.3, 0.4) is 0 Å². The van der Waals surface area contributed by atoms with Gasteiger partial charge in [0.05, 0.1) is 7.11 Å². The number of rotatable bonds is 2. The summed E-state index contributed by atoms with van der Waals surface area (Å²) in [5.74, 6) is 0.894. The zero-order valence-corrected chi connectivity index (χ0v) is 10.1. The molecule has 4 heteroatoms. The van der Waals surface area contributed by atoms with Gasteiger partial charge in [-0.3, -0.25) is 0 Å². The number of benzene rings is 1. The molecule has 0 bridgehead atoms. The predicted molar refractivity (Wildman–Crippen MR) is 54.6 cm³/mol. The van der Waals surface area contributed by atoms with Crippen molar-refractivity contribution in [3.05, 3.63) is 24.3 Å². The summed E-state index contributed by atoms with van der Waals surface area (Å²) in [6, 6.07) is 7.90. The van der Waals surface area contributed by atoms with Gasteiger partial charge in [0, 0.05) is 0 Å². The second-order valence-electron chi connectivity index (χ2n) is 1.99. The Morgan fingerprint density at radius 1 is 1.45 bits per heavy atom. The molecule has 0 aromatic heterocycles. The quantitative estimate of drug-likeness (QED) is 0.724. The lowest BCUT2D eigenvalue weighted by Gasteiger charge is -1.99. The molecule has 0 saturated heterocycles. The van der Waals surface area contributed by atoms with Crippen LogP contribution in [0, 0.1) is 0 Å². The van der Waals surface area contributed by atoms with Crippen LogP contribution >= 0.6 is 26.1 Å². The molecule has 0 fully saturated rings. The summed E-state index contributed by atoms with van der Waals surface area (Å²) in [6.45, 7) is 0. The van der Waals surface area contributed by atoms with Crippen LogP contribution in [0.25, 0.3) is 0 Å². The molecule has 1 rings (SSSR count). The highest BCUT2D eigenvalue weighted by Gasteiger charge is 1.95. The largest absolute Gasteiger partial charge is 0.538 e. The number of ether oxygens (including phenoxy) is 1. The van der Waals surface area contributed by atoms with Crippen LogP contribution in [-0.4, -0.2) is 26.4 Å². The highest BCUT2D eigenvalue weighted by molar-refractivity contribution is 8.93. The van der Waals surface area contributed by atoms with Gasteiger partial charge >= 0.3 is 19.3 Å². The zero-order chi connectivity index (χ0) is 7.40. The minimum Gasteiger partial charge on any atom is -0.497 e. The molecule has 0 heterocycles. The molecule has 0 aliphatic heterocycles. The van der Waals surface area contributed by atoms with Gasteiger partial charge < -0.3 is 13.8 Å². The number of hydrogen-bond acceptors (Lipinski definition) is 1. The Morgan fingerprint density at radius 3 is 2.73 bits per heavy atom. The van der Waals surface area contributed by atoms with Crippen LogP contribution in [0.15, 0.2) is 24.3 Å². The maximum Gasteiger partial charge on any atom is 0.538 e. The molecule has 0 N–H and O–H groups in total. The van der Waals surface area contributed by atoms with Crippen molar-refractivity contribution in [2.24, 2.45) is 0 Å². The Labute approximate surface area is 90.3 Å². The first-order valence-electron chi connectivity index (χ1n) is 3.05. The SMILES string of the molecule is Br.COc1ccc[c]([Mg][Cl])c1. The molecule has 0 radical (unpaired) electrons. The first-order valence-corrected chi connectivity index (χ1v) is 5.90. The average Bonchev–Trinajstić information content (AvgIpc) is 2.05. The Morgan fingerprint density at radius 2 is 2.18 bits per heavy atom. The van der Waals surface area contributed by atoms with Gasteiger partial charge in [-0.2, -0.15) is 0 Å². The summed E-state index contributed by atoms with van der Waals surface area (Å²) in [7, 11) is 7.40. The lowest BCUT2D eigenvalue weighted by atomic mass is 10.3. The van der Waals surface area contributed by atoms with Gasteiger partial charge in [-0.1, -0.05) is 12.1 Å². The van der Waals surface area contributed by atoms with Crippen LogP contribution in [0.4, 0.5) is 0 Å². The molecule has 0 saturated carbocycles. The monoisotopic (exact) mass is 246 g/mol. The van der Waals surface area contributed by atoms with E-state index in [4.69, 9.17) is 13.8 Å². The van der Waals surface area contributed by atoms with E-state index < -0.39 is 19.3 Å². The Hall–Kier alpha value is 0.556. The summed E-state index contributed by atoms with van der Waals surface area (Å²) in [5, 5.41) is 0. The van der Waals surface area contributed by atoms with Crippen molar-refractivity contribution in [1.82, 2.24) is 0 Å². The Balaban J connectivity index is 0.000001000. The summed E-state index contributed by atoms with van der Waals surface area (Å²) < 4.78 is 6.24. The van der Waals surface area contributed by atoms with Gasteiger partial charge in [0.2, 0.25) is 0 Å². The van der Waals surface area contributed by atoms with E-state index >= 15 is 0 Å². The smallest absolute Gasteiger partial charge is 0.497 e. The van der Waals surface area contributed by atoms with Gasteiger partial charge in [0.1, 0.15) is 5.75 Å². The molecule has 1 aromatic rings. The number of methoxy groups -OCH3 is 1. The predicted octanol–water partition coefficient (Wildman–Crippen LogP) is 1.76. The summed E-state index contributed by atoms with van der Waals surface area (Å²) in [6.07, 6.45) is 0. The second kappa shape index (κ2) is 6.11. The number of hydrogen-bond donors (Lipinski definition) is 0. The number of halogens is 2. The lowest BCUT2D eigenvalue weighted by molar-refractivity contribution is 0.415. The van der Waals surface area contributed by atoms with Crippen molar-refractivity contribution in [2.75, 3.05) is 7.11 Å². The van der Waals surface area contributed by atoms with Crippen molar-refractivity contribution in [3.8, 4) is 5.75 Å². The van der Waals surface area contributed by atoms with Gasteiger partial charge in [0.15, 0.2) is 0 Å². The Kier molecular flexibility index (Phi) is 6.42. The van der Waals surface area contributed by atoms with Crippen molar-refractivity contribution < 1.29 is 4.74 Å². The standard InChI is InChI=1S/C7H7O.BrH.ClH.Mg/c1-8-7-5-3-2-4-6-7;;;/h2-3,5-6H,1H3;2*1H;/q;;;+1/p-1. The molecular formula is C7H8BrClMgO. The van der Waals surface area contributed by atoms with E-state index in [1.807, 2.05) is 24.3 Å². The summed E-state index contributed by atoms with van der Waals surface area (Å²) in [5.41, 5.74) is 0. The van der Waals surface area contributed by atoms with E-state index in [-0.39, 0.29) is 17.0 Å². The molecular weight excluding hydrogens is 240 g/mol. The van der Waals surface area contributed by atoms with Gasteiger partial charge in [-0.05, 0) is 12.1 Å². The molecule has 0 aliphatic carbocycles. The molecule has 0 aliphatic rings. The third kappa shape index (κ3) is 3.65. The normalized spacial score (nSPS) is 7.82. The van der Waals surface area contributed by atoms with E-state index in [1.165, 1.54) is 3.69 Å². The van der Waals surface area contributed by atoms with Gasteiger partial charge in [0.25, 0.3) is 0 Å². The van der Waals surface area contributed by atoms with E-state index in [9.17, 15) is 0 Å². The third-order valence-electron chi connectivity index (χ3n) is 1.29. The fourth-order valence-electron chi connectivity index (χ4n) is 0.756. The Bertz CT molecular complexity index is 200. The van der Waals surface area contributed by atoms with Crippen molar-refractivity contribution in [2.45, 2.75) is 0 Å². The van der Waals surface area contributed by atoms with Gasteiger partial charge in [-0.15, -0.1) is 20.7 Å². The average molecular weight is 248 g/mol. The van der Waals surface area contributed by atoms with E-state index in [1.54, 1.807) is 7.11 Å². The van der Waals surface area contributed by atoms with Crippen LogP contribution < -0.4 is 8.43 Å². The van der Waals surface area contributed by atoms with Crippen molar-refractivity contribution >= 4 is 49.0 Å². The molecule has 0 amide bonds. The molecule has 11 heavy (non-hydrogen) atoms. The summed E-state index contributed by atoms with van der Waals surface area (Å²) >= 11 is -0.547. The zero-order valence-electron chi connectivity index (χ0n) is 6.21. The molecule has 58 valence electrons. The first-order chi connectivity index (χ1) is 4.86. The fraction of sp³-hybridized carbons (Fsp3) is 0.143. The fourth-order valence-corrected chi connectivity index (χ4v) is 1.76. The first kappa shape index (κ1) is 11.6. The maximum atomic E-state index is 5.74. The second-order valence-corrected chi connectivity index (χ2v) is 3.87. The molecule has 1 nitrogen and oxygen atoms in total. The minimum atomic E-state index is -0.547. The van der Waals surface area contributed by atoms with Crippen molar-refractivity contribution in [3.63, 3.8) is 0 Å². The molecule has 0 atom stereocenters. The topological polar surface area (TPSA) is 9.23 Å². The van der Waals surface area contributed by atoms with Crippen LogP contribution in [0.1, 0.15) is 0 Å². The van der Waals surface area contributed by atoms with Gasteiger partial charge in [-0.25, -0.2) is 0 Å². The molecule has 1 aromatic carbocycles. The van der Waals surface area contributed by atoms with E-state index in [0.717, 1.165) is 5.75 Å². The van der Waals surface area contributed by atoms with Crippen LogP contribution in [0.5, 0.6) is 5.75 Å². The van der Waals surface area contributed by atoms with Crippen molar-refractivity contribution in [1.29, 1.82) is 0 Å². The van der Waals surface area contributed by atoms with Crippen LogP contribution in [-0.2, 0) is 0 Å².